The number of thioether (sulfide) groups is 1. The molecule has 0 spiro atoms. The zero-order chi connectivity index (χ0) is 21.3. The van der Waals surface area contributed by atoms with Gasteiger partial charge in [0, 0.05) is 36.9 Å². The number of halogens is 1. The summed E-state index contributed by atoms with van der Waals surface area (Å²) in [6, 6.07) is 11.7. The number of benzene rings is 2. The van der Waals surface area contributed by atoms with Crippen molar-refractivity contribution in [3.05, 3.63) is 65.0 Å². The smallest absolute Gasteiger partial charge is 0.253 e. The minimum Gasteiger partial charge on any atom is -0.339 e. The van der Waals surface area contributed by atoms with Crippen LogP contribution in [-0.4, -0.2) is 41.6 Å². The lowest BCUT2D eigenvalue weighted by molar-refractivity contribution is -0.115. The maximum absolute atomic E-state index is 13.3. The van der Waals surface area contributed by atoms with Crippen molar-refractivity contribution in [1.29, 1.82) is 0 Å². The lowest BCUT2D eigenvalue weighted by Crippen LogP contribution is -2.42. The number of hydrogen-bond acceptors (Lipinski definition) is 5. The van der Waals surface area contributed by atoms with E-state index in [9.17, 15) is 14.0 Å². The summed E-state index contributed by atoms with van der Waals surface area (Å²) in [6.45, 7) is 1.49. The van der Waals surface area contributed by atoms with Crippen molar-refractivity contribution in [2.75, 3.05) is 23.7 Å². The summed E-state index contributed by atoms with van der Waals surface area (Å²) >= 11 is 1.49. The van der Waals surface area contributed by atoms with Crippen molar-refractivity contribution in [2.24, 2.45) is 11.5 Å². The molecule has 0 aliphatic carbocycles. The molecule has 2 amide bonds. The van der Waals surface area contributed by atoms with E-state index in [1.807, 2.05) is 4.90 Å². The van der Waals surface area contributed by atoms with Crippen LogP contribution < -0.4 is 16.4 Å². The van der Waals surface area contributed by atoms with Gasteiger partial charge >= 0.3 is 0 Å². The first-order chi connectivity index (χ1) is 14.5. The second kappa shape index (κ2) is 8.75. The molecule has 2 heterocycles. The van der Waals surface area contributed by atoms with E-state index in [-0.39, 0.29) is 35.6 Å². The Hall–Kier alpha value is -2.42. The van der Waals surface area contributed by atoms with E-state index in [1.165, 1.54) is 23.9 Å². The van der Waals surface area contributed by atoms with Gasteiger partial charge in [0.05, 0.1) is 5.75 Å². The van der Waals surface area contributed by atoms with E-state index in [4.69, 9.17) is 11.5 Å². The Morgan fingerprint density at radius 3 is 2.50 bits per heavy atom. The van der Waals surface area contributed by atoms with E-state index >= 15 is 0 Å². The number of carbonyl (C=O) groups excluding carboxylic acids is 2. The minimum absolute atomic E-state index is 0.0341. The van der Waals surface area contributed by atoms with Gasteiger partial charge in [0.25, 0.3) is 5.91 Å². The summed E-state index contributed by atoms with van der Waals surface area (Å²) in [7, 11) is 0. The molecule has 158 valence electrons. The van der Waals surface area contributed by atoms with E-state index in [0.717, 1.165) is 24.0 Å². The van der Waals surface area contributed by atoms with Crippen LogP contribution in [0.15, 0.2) is 42.5 Å². The fourth-order valence-corrected chi connectivity index (χ4v) is 5.13. The lowest BCUT2D eigenvalue weighted by atomic mass is 10.0. The molecular weight excluding hydrogens is 403 g/mol. The van der Waals surface area contributed by atoms with Crippen LogP contribution in [0.5, 0.6) is 0 Å². The third-order valence-corrected chi connectivity index (χ3v) is 6.87. The van der Waals surface area contributed by atoms with Crippen molar-refractivity contribution in [1.82, 2.24) is 4.90 Å². The molecule has 2 fully saturated rings. The number of carbonyl (C=O) groups is 2. The minimum atomic E-state index is -0.316. The predicted molar refractivity (Wildman–Crippen MR) is 117 cm³/mol. The van der Waals surface area contributed by atoms with Crippen LogP contribution >= 0.6 is 11.8 Å². The number of anilines is 1. The van der Waals surface area contributed by atoms with Crippen molar-refractivity contribution in [3.63, 3.8) is 0 Å². The maximum Gasteiger partial charge on any atom is 0.253 e. The van der Waals surface area contributed by atoms with Gasteiger partial charge < -0.3 is 16.4 Å². The standard InChI is InChI=1S/C22H25FN4O2S/c23-17-4-1-14(2-5-17)22-27(20(28)13-30-22)19-6-3-15(11-16(19)12-24)21(29)26-9-7-18(25)8-10-26/h1-6,11,18,22H,7-10,12-13,24-25H2. The van der Waals surface area contributed by atoms with Crippen molar-refractivity contribution >= 4 is 29.3 Å². The largest absolute Gasteiger partial charge is 0.339 e. The van der Waals surface area contributed by atoms with E-state index < -0.39 is 0 Å². The summed E-state index contributed by atoms with van der Waals surface area (Å²) in [5.41, 5.74) is 14.8. The number of nitrogens with zero attached hydrogens (tertiary/aromatic N) is 2. The van der Waals surface area contributed by atoms with Gasteiger partial charge in [-0.3, -0.25) is 14.5 Å². The zero-order valence-corrected chi connectivity index (χ0v) is 17.4. The topological polar surface area (TPSA) is 92.7 Å². The van der Waals surface area contributed by atoms with Crippen molar-refractivity contribution in [2.45, 2.75) is 30.8 Å². The Labute approximate surface area is 179 Å². The van der Waals surface area contributed by atoms with Crippen LogP contribution in [0.25, 0.3) is 0 Å². The predicted octanol–water partition coefficient (Wildman–Crippen LogP) is 2.63. The number of piperidine rings is 1. The highest BCUT2D eigenvalue weighted by Gasteiger charge is 2.35. The Kier molecular flexibility index (Phi) is 6.08. The van der Waals surface area contributed by atoms with Gasteiger partial charge in [-0.1, -0.05) is 12.1 Å². The molecule has 4 N–H and O–H groups in total. The molecule has 0 saturated carbocycles. The van der Waals surface area contributed by atoms with Gasteiger partial charge in [-0.05, 0) is 54.3 Å². The first kappa shape index (κ1) is 20.8. The lowest BCUT2D eigenvalue weighted by Gasteiger charge is -2.31. The summed E-state index contributed by atoms with van der Waals surface area (Å²) in [5, 5.41) is -0.256. The van der Waals surface area contributed by atoms with Crippen LogP contribution in [0.4, 0.5) is 10.1 Å². The molecule has 2 aromatic carbocycles. The van der Waals surface area contributed by atoms with Crippen LogP contribution in [0, 0.1) is 5.82 Å². The van der Waals surface area contributed by atoms with E-state index in [1.54, 1.807) is 35.2 Å². The first-order valence-corrected chi connectivity index (χ1v) is 11.1. The summed E-state index contributed by atoms with van der Waals surface area (Å²) in [4.78, 5) is 29.1. The zero-order valence-electron chi connectivity index (χ0n) is 16.6. The van der Waals surface area contributed by atoms with Gasteiger partial charge in [0.2, 0.25) is 5.91 Å². The number of hydrogen-bond donors (Lipinski definition) is 2. The molecule has 2 saturated heterocycles. The number of amides is 2. The number of likely N-dealkylation sites (tertiary alicyclic amines) is 1. The van der Waals surface area contributed by atoms with Gasteiger partial charge in [-0.15, -0.1) is 11.8 Å². The highest BCUT2D eigenvalue weighted by atomic mass is 32.2. The molecule has 1 atom stereocenters. The second-order valence-corrected chi connectivity index (χ2v) is 8.72. The Morgan fingerprint density at radius 1 is 1.13 bits per heavy atom. The average Bonchev–Trinajstić information content (AvgIpc) is 3.15. The Bertz CT molecular complexity index is 945. The van der Waals surface area contributed by atoms with Gasteiger partial charge in [0.15, 0.2) is 0 Å². The van der Waals surface area contributed by atoms with Crippen molar-refractivity contribution < 1.29 is 14.0 Å². The van der Waals surface area contributed by atoms with Crippen LogP contribution in [0.2, 0.25) is 0 Å². The molecule has 30 heavy (non-hydrogen) atoms. The number of rotatable bonds is 4. The maximum atomic E-state index is 13.3. The molecule has 6 nitrogen and oxygen atoms in total. The molecule has 2 aliphatic rings. The fraction of sp³-hybridized carbons (Fsp3) is 0.364. The van der Waals surface area contributed by atoms with Gasteiger partial charge in [-0.25, -0.2) is 4.39 Å². The summed E-state index contributed by atoms with van der Waals surface area (Å²) < 4.78 is 13.3. The molecule has 0 bridgehead atoms. The SMILES string of the molecule is NCc1cc(C(=O)N2CCC(N)CC2)ccc1N1C(=O)CSC1c1ccc(F)cc1. The molecule has 8 heteroatoms. The van der Waals surface area contributed by atoms with Gasteiger partial charge in [0.1, 0.15) is 11.2 Å². The molecule has 2 aromatic rings. The third kappa shape index (κ3) is 4.08. The average molecular weight is 429 g/mol. The Balaban J connectivity index is 1.62. The monoisotopic (exact) mass is 428 g/mol. The van der Waals surface area contributed by atoms with E-state index in [2.05, 4.69) is 0 Å². The molecular formula is C22H25FN4O2S. The van der Waals surface area contributed by atoms with Crippen LogP contribution in [0.3, 0.4) is 0 Å². The summed E-state index contributed by atoms with van der Waals surface area (Å²) in [5.74, 6) is -0.0573. The molecule has 0 radical (unpaired) electrons. The third-order valence-electron chi connectivity index (χ3n) is 5.66. The quantitative estimate of drug-likeness (QED) is 0.781. The van der Waals surface area contributed by atoms with Gasteiger partial charge in [-0.2, -0.15) is 0 Å². The first-order valence-electron chi connectivity index (χ1n) is 10.0. The highest BCUT2D eigenvalue weighted by Crippen LogP contribution is 2.43. The highest BCUT2D eigenvalue weighted by molar-refractivity contribution is 8.00. The summed E-state index contributed by atoms with van der Waals surface area (Å²) in [6.07, 6.45) is 1.60. The number of nitrogens with two attached hydrogens (primary N) is 2. The van der Waals surface area contributed by atoms with E-state index in [0.29, 0.717) is 30.1 Å². The van der Waals surface area contributed by atoms with Crippen LogP contribution in [-0.2, 0) is 11.3 Å². The fourth-order valence-electron chi connectivity index (χ4n) is 3.96. The molecule has 0 aromatic heterocycles. The van der Waals surface area contributed by atoms with Crippen molar-refractivity contribution in [3.8, 4) is 0 Å². The molecule has 2 aliphatic heterocycles. The molecule has 1 unspecified atom stereocenters. The second-order valence-electron chi connectivity index (χ2n) is 7.66. The van der Waals surface area contributed by atoms with Crippen LogP contribution in [0.1, 0.15) is 39.7 Å². The molecule has 4 rings (SSSR count). The normalized spacial score (nSPS) is 20.1. The Morgan fingerprint density at radius 2 is 1.83 bits per heavy atom.